The van der Waals surface area contributed by atoms with Crippen LogP contribution in [0.25, 0.3) is 0 Å². The fraction of sp³-hybridized carbons (Fsp3) is 0.600. The van der Waals surface area contributed by atoms with Crippen molar-refractivity contribution in [1.29, 1.82) is 0 Å². The summed E-state index contributed by atoms with van der Waals surface area (Å²) in [6.07, 6.45) is -2.57. The van der Waals surface area contributed by atoms with Crippen LogP contribution in [0, 0.1) is 0 Å². The van der Waals surface area contributed by atoms with E-state index in [9.17, 15) is 13.2 Å². The number of benzene rings is 1. The van der Waals surface area contributed by atoms with Crippen molar-refractivity contribution in [1.82, 2.24) is 5.32 Å². The number of rotatable bonds is 9. The van der Waals surface area contributed by atoms with E-state index in [0.717, 1.165) is 19.4 Å². The molecule has 6 heteroatoms. The Morgan fingerprint density at radius 2 is 1.86 bits per heavy atom. The number of ether oxygens (including phenoxy) is 2. The third kappa shape index (κ3) is 7.22. The average Bonchev–Trinajstić information content (AvgIpc) is 2.43. The van der Waals surface area contributed by atoms with E-state index < -0.39 is 12.8 Å². The summed E-state index contributed by atoms with van der Waals surface area (Å²) < 4.78 is 47.3. The molecule has 1 N–H and O–H groups in total. The van der Waals surface area contributed by atoms with Gasteiger partial charge in [0.2, 0.25) is 0 Å². The van der Waals surface area contributed by atoms with Gasteiger partial charge in [-0.2, -0.15) is 13.2 Å². The first kappa shape index (κ1) is 17.6. The minimum atomic E-state index is -4.35. The summed E-state index contributed by atoms with van der Waals surface area (Å²) in [5, 5.41) is 3.15. The van der Waals surface area contributed by atoms with Crippen LogP contribution in [-0.4, -0.2) is 25.9 Å². The maximum Gasteiger partial charge on any atom is 0.422 e. The molecular formula is C15H22F3NO2. The third-order valence-corrected chi connectivity index (χ3v) is 2.65. The smallest absolute Gasteiger partial charge is 0.422 e. The number of hydrogen-bond acceptors (Lipinski definition) is 3. The molecule has 0 saturated heterocycles. The van der Waals surface area contributed by atoms with Crippen molar-refractivity contribution < 1.29 is 22.6 Å². The number of nitrogens with one attached hydrogen (secondary N) is 1. The van der Waals surface area contributed by atoms with Crippen LogP contribution in [0.4, 0.5) is 13.2 Å². The fourth-order valence-corrected chi connectivity index (χ4v) is 1.68. The van der Waals surface area contributed by atoms with Crippen molar-refractivity contribution in [3.05, 3.63) is 23.8 Å². The molecular weight excluding hydrogens is 283 g/mol. The standard InChI is InChI=1S/C15H22F3NO2/c1-3-7-19-10-12-5-6-13(20-8-4-2)9-14(12)21-11-15(16,17)18/h5-6,9,19H,3-4,7-8,10-11H2,1-2H3. The minimum absolute atomic E-state index is 0.213. The molecule has 0 heterocycles. The minimum Gasteiger partial charge on any atom is -0.493 e. The Morgan fingerprint density at radius 1 is 1.10 bits per heavy atom. The molecule has 0 aromatic heterocycles. The van der Waals surface area contributed by atoms with Crippen LogP contribution in [-0.2, 0) is 6.54 Å². The third-order valence-electron chi connectivity index (χ3n) is 2.65. The lowest BCUT2D eigenvalue weighted by atomic mass is 10.2. The first-order valence-corrected chi connectivity index (χ1v) is 7.12. The Hall–Kier alpha value is -1.43. The molecule has 0 aliphatic rings. The molecule has 1 rings (SSSR count). The number of alkyl halides is 3. The van der Waals surface area contributed by atoms with Crippen molar-refractivity contribution in [3.63, 3.8) is 0 Å². The zero-order valence-corrected chi connectivity index (χ0v) is 12.4. The maximum absolute atomic E-state index is 12.3. The first-order chi connectivity index (χ1) is 9.96. The van der Waals surface area contributed by atoms with E-state index in [1.165, 1.54) is 6.07 Å². The predicted molar refractivity (Wildman–Crippen MR) is 75.8 cm³/mol. The summed E-state index contributed by atoms with van der Waals surface area (Å²) in [7, 11) is 0. The van der Waals surface area contributed by atoms with E-state index in [4.69, 9.17) is 9.47 Å². The van der Waals surface area contributed by atoms with Gasteiger partial charge in [0, 0.05) is 18.2 Å². The summed E-state index contributed by atoms with van der Waals surface area (Å²) in [6, 6.07) is 5.00. The van der Waals surface area contributed by atoms with Crippen LogP contribution in [0.2, 0.25) is 0 Å². The first-order valence-electron chi connectivity index (χ1n) is 7.12. The molecule has 3 nitrogen and oxygen atoms in total. The zero-order valence-electron chi connectivity index (χ0n) is 12.4. The SMILES string of the molecule is CCCNCc1ccc(OCCC)cc1OCC(F)(F)F. The molecule has 0 aliphatic heterocycles. The fourth-order valence-electron chi connectivity index (χ4n) is 1.68. The van der Waals surface area contributed by atoms with Crippen molar-refractivity contribution >= 4 is 0 Å². The lowest BCUT2D eigenvalue weighted by Gasteiger charge is -2.15. The van der Waals surface area contributed by atoms with Crippen LogP contribution >= 0.6 is 0 Å². The highest BCUT2D eigenvalue weighted by Crippen LogP contribution is 2.27. The van der Waals surface area contributed by atoms with Gasteiger partial charge in [0.05, 0.1) is 6.61 Å². The number of hydrogen-bond donors (Lipinski definition) is 1. The highest BCUT2D eigenvalue weighted by Gasteiger charge is 2.28. The Balaban J connectivity index is 2.78. The highest BCUT2D eigenvalue weighted by atomic mass is 19.4. The Kier molecular flexibility index (Phi) is 7.36. The lowest BCUT2D eigenvalue weighted by molar-refractivity contribution is -0.153. The van der Waals surface area contributed by atoms with E-state index >= 15 is 0 Å². The molecule has 0 fully saturated rings. The molecule has 0 saturated carbocycles. The van der Waals surface area contributed by atoms with Gasteiger partial charge in [0.15, 0.2) is 6.61 Å². The van der Waals surface area contributed by atoms with Crippen molar-refractivity contribution in [3.8, 4) is 11.5 Å². The van der Waals surface area contributed by atoms with Gasteiger partial charge in [0.25, 0.3) is 0 Å². The van der Waals surface area contributed by atoms with Crippen molar-refractivity contribution in [2.45, 2.75) is 39.4 Å². The van der Waals surface area contributed by atoms with Gasteiger partial charge in [-0.25, -0.2) is 0 Å². The summed E-state index contributed by atoms with van der Waals surface area (Å²) in [4.78, 5) is 0. The largest absolute Gasteiger partial charge is 0.493 e. The molecule has 120 valence electrons. The quantitative estimate of drug-likeness (QED) is 0.702. The average molecular weight is 305 g/mol. The molecule has 0 bridgehead atoms. The predicted octanol–water partition coefficient (Wildman–Crippen LogP) is 3.92. The second-order valence-corrected chi connectivity index (χ2v) is 4.70. The maximum atomic E-state index is 12.3. The van der Waals surface area contributed by atoms with E-state index in [0.29, 0.717) is 24.5 Å². The summed E-state index contributed by atoms with van der Waals surface area (Å²) in [5.74, 6) is 0.734. The number of halogens is 3. The van der Waals surface area contributed by atoms with Crippen LogP contribution in [0.1, 0.15) is 32.3 Å². The van der Waals surface area contributed by atoms with Gasteiger partial charge in [-0.15, -0.1) is 0 Å². The zero-order chi connectivity index (χ0) is 15.7. The molecule has 1 aromatic carbocycles. The second-order valence-electron chi connectivity index (χ2n) is 4.70. The normalized spacial score (nSPS) is 11.5. The second kappa shape index (κ2) is 8.77. The topological polar surface area (TPSA) is 30.5 Å². The van der Waals surface area contributed by atoms with Gasteiger partial charge in [0.1, 0.15) is 11.5 Å². The highest BCUT2D eigenvalue weighted by molar-refractivity contribution is 5.40. The van der Waals surface area contributed by atoms with Gasteiger partial charge < -0.3 is 14.8 Å². The molecule has 0 unspecified atom stereocenters. The Labute approximate surface area is 123 Å². The van der Waals surface area contributed by atoms with Gasteiger partial charge in [-0.3, -0.25) is 0 Å². The summed E-state index contributed by atoms with van der Waals surface area (Å²) in [5.41, 5.74) is 0.691. The Morgan fingerprint density at radius 3 is 2.48 bits per heavy atom. The van der Waals surface area contributed by atoms with E-state index in [-0.39, 0.29) is 5.75 Å². The molecule has 0 aliphatic carbocycles. The van der Waals surface area contributed by atoms with Crippen LogP contribution in [0.15, 0.2) is 18.2 Å². The van der Waals surface area contributed by atoms with Crippen molar-refractivity contribution in [2.24, 2.45) is 0 Å². The van der Waals surface area contributed by atoms with Crippen LogP contribution in [0.3, 0.4) is 0 Å². The summed E-state index contributed by atoms with van der Waals surface area (Å²) >= 11 is 0. The molecule has 0 radical (unpaired) electrons. The molecule has 0 atom stereocenters. The lowest BCUT2D eigenvalue weighted by Crippen LogP contribution is -2.21. The monoisotopic (exact) mass is 305 g/mol. The van der Waals surface area contributed by atoms with Crippen molar-refractivity contribution in [2.75, 3.05) is 19.8 Å². The van der Waals surface area contributed by atoms with E-state index in [1.54, 1.807) is 12.1 Å². The van der Waals surface area contributed by atoms with Gasteiger partial charge >= 0.3 is 6.18 Å². The Bertz CT molecular complexity index is 422. The summed E-state index contributed by atoms with van der Waals surface area (Å²) in [6.45, 7) is 4.47. The van der Waals surface area contributed by atoms with Gasteiger partial charge in [-0.1, -0.05) is 19.9 Å². The molecule has 0 amide bonds. The molecule has 1 aromatic rings. The molecule has 21 heavy (non-hydrogen) atoms. The van der Waals surface area contributed by atoms with E-state index in [2.05, 4.69) is 5.32 Å². The molecule has 0 spiro atoms. The van der Waals surface area contributed by atoms with Crippen LogP contribution in [0.5, 0.6) is 11.5 Å². The van der Waals surface area contributed by atoms with Gasteiger partial charge in [-0.05, 0) is 25.5 Å². The van der Waals surface area contributed by atoms with E-state index in [1.807, 2.05) is 13.8 Å². The van der Waals surface area contributed by atoms with Crippen LogP contribution < -0.4 is 14.8 Å².